The molecule has 0 unspecified atom stereocenters. The molecule has 0 saturated heterocycles. The van der Waals surface area contributed by atoms with Gasteiger partial charge in [-0.1, -0.05) is 27.7 Å². The molecule has 0 atom stereocenters. The Bertz CT molecular complexity index is 929. The summed E-state index contributed by atoms with van der Waals surface area (Å²) in [5.74, 6) is 0. The molecule has 24 heavy (non-hydrogen) atoms. The van der Waals surface area contributed by atoms with Crippen molar-refractivity contribution in [3.05, 3.63) is 71.3 Å². The second-order valence-electron chi connectivity index (χ2n) is 8.04. The van der Waals surface area contributed by atoms with E-state index in [1.54, 1.807) is 0 Å². The van der Waals surface area contributed by atoms with E-state index < -0.39 is 0 Å². The Morgan fingerprint density at radius 1 is 0.583 bits per heavy atom. The lowest BCUT2D eigenvalue weighted by Crippen LogP contribution is -2.17. The van der Waals surface area contributed by atoms with Crippen molar-refractivity contribution in [1.82, 2.24) is 9.97 Å². The van der Waals surface area contributed by atoms with E-state index in [9.17, 15) is 0 Å². The van der Waals surface area contributed by atoms with Crippen LogP contribution >= 0.6 is 0 Å². The lowest BCUT2D eigenvalue weighted by molar-refractivity contribution is 0.649. The number of benzene rings is 1. The standard InChI is InChI=1S/C22H20N2/c1-21(2)17-9-16-14-6-8-24-12-20(14)22(3,4)18(16)10-15(17)13-5-7-23-11-19(13)21/h5-12H,1-4H3. The quantitative estimate of drug-likeness (QED) is 0.578. The number of pyridine rings is 2. The van der Waals surface area contributed by atoms with Crippen LogP contribution in [-0.4, -0.2) is 9.97 Å². The number of hydrogen-bond acceptors (Lipinski definition) is 2. The fourth-order valence-corrected chi connectivity index (χ4v) is 4.62. The number of hydrogen-bond donors (Lipinski definition) is 0. The second kappa shape index (κ2) is 4.13. The Morgan fingerprint density at radius 3 is 1.42 bits per heavy atom. The predicted octanol–water partition coefficient (Wildman–Crippen LogP) is 5.09. The lowest BCUT2D eigenvalue weighted by atomic mass is 9.79. The van der Waals surface area contributed by atoms with E-state index in [0.29, 0.717) is 0 Å². The Hall–Kier alpha value is -2.48. The van der Waals surface area contributed by atoms with Crippen molar-refractivity contribution < 1.29 is 0 Å². The summed E-state index contributed by atoms with van der Waals surface area (Å²) in [5.41, 5.74) is 10.9. The van der Waals surface area contributed by atoms with Crippen LogP contribution in [0, 0.1) is 0 Å². The van der Waals surface area contributed by atoms with E-state index in [4.69, 9.17) is 0 Å². The maximum absolute atomic E-state index is 4.37. The molecular weight excluding hydrogens is 292 g/mol. The van der Waals surface area contributed by atoms with Crippen LogP contribution < -0.4 is 0 Å². The van der Waals surface area contributed by atoms with E-state index in [1.807, 2.05) is 24.8 Å². The zero-order chi connectivity index (χ0) is 16.7. The van der Waals surface area contributed by atoms with E-state index >= 15 is 0 Å². The zero-order valence-corrected chi connectivity index (χ0v) is 14.5. The summed E-state index contributed by atoms with van der Waals surface area (Å²) in [5, 5.41) is 0. The number of nitrogens with zero attached hydrogens (tertiary/aromatic N) is 2. The molecule has 2 heteroatoms. The first-order valence-corrected chi connectivity index (χ1v) is 8.51. The highest BCUT2D eigenvalue weighted by molar-refractivity contribution is 5.89. The summed E-state index contributed by atoms with van der Waals surface area (Å²) in [6.07, 6.45) is 7.87. The summed E-state index contributed by atoms with van der Waals surface area (Å²) >= 11 is 0. The van der Waals surface area contributed by atoms with Crippen molar-refractivity contribution in [3.8, 4) is 22.3 Å². The van der Waals surface area contributed by atoms with Crippen molar-refractivity contribution in [2.45, 2.75) is 38.5 Å². The molecule has 0 N–H and O–H groups in total. The maximum Gasteiger partial charge on any atom is 0.0314 e. The van der Waals surface area contributed by atoms with Gasteiger partial charge in [-0.05, 0) is 68.8 Å². The summed E-state index contributed by atoms with van der Waals surface area (Å²) in [7, 11) is 0. The average Bonchev–Trinajstić information content (AvgIpc) is 2.95. The molecule has 0 bridgehead atoms. The lowest BCUT2D eigenvalue weighted by Gasteiger charge is -2.24. The molecule has 118 valence electrons. The third-order valence-electron chi connectivity index (χ3n) is 6.07. The summed E-state index contributed by atoms with van der Waals surface area (Å²) in [4.78, 5) is 8.74. The topological polar surface area (TPSA) is 25.8 Å². The highest BCUT2D eigenvalue weighted by atomic mass is 14.6. The molecule has 1 aromatic carbocycles. The van der Waals surface area contributed by atoms with E-state index in [-0.39, 0.29) is 10.8 Å². The van der Waals surface area contributed by atoms with Crippen LogP contribution in [-0.2, 0) is 10.8 Å². The molecule has 0 spiro atoms. The average molecular weight is 312 g/mol. The van der Waals surface area contributed by atoms with Gasteiger partial charge in [0.15, 0.2) is 0 Å². The first-order valence-electron chi connectivity index (χ1n) is 8.51. The summed E-state index contributed by atoms with van der Waals surface area (Å²) < 4.78 is 0. The zero-order valence-electron chi connectivity index (χ0n) is 14.5. The Kier molecular flexibility index (Phi) is 2.39. The van der Waals surface area contributed by atoms with Crippen molar-refractivity contribution in [1.29, 1.82) is 0 Å². The monoisotopic (exact) mass is 312 g/mol. The number of rotatable bonds is 0. The first-order chi connectivity index (χ1) is 11.4. The van der Waals surface area contributed by atoms with E-state index in [0.717, 1.165) is 0 Å². The van der Waals surface area contributed by atoms with Gasteiger partial charge < -0.3 is 0 Å². The highest BCUT2D eigenvalue weighted by Gasteiger charge is 2.41. The molecular formula is C22H20N2. The highest BCUT2D eigenvalue weighted by Crippen LogP contribution is 2.55. The van der Waals surface area contributed by atoms with E-state index in [2.05, 4.69) is 61.9 Å². The molecule has 2 heterocycles. The molecule has 0 fully saturated rings. The van der Waals surface area contributed by atoms with Crippen LogP contribution in [0.5, 0.6) is 0 Å². The Balaban J connectivity index is 1.88. The van der Waals surface area contributed by atoms with Crippen molar-refractivity contribution >= 4 is 0 Å². The van der Waals surface area contributed by atoms with Gasteiger partial charge in [-0.25, -0.2) is 0 Å². The summed E-state index contributed by atoms with van der Waals surface area (Å²) in [6.45, 7) is 9.22. The van der Waals surface area contributed by atoms with Crippen molar-refractivity contribution in [2.75, 3.05) is 0 Å². The van der Waals surface area contributed by atoms with Crippen LogP contribution in [0.3, 0.4) is 0 Å². The Labute approximate surface area is 142 Å². The van der Waals surface area contributed by atoms with E-state index in [1.165, 1.54) is 44.5 Å². The molecule has 0 aliphatic heterocycles. The minimum absolute atomic E-state index is 0.00607. The molecule has 0 radical (unpaired) electrons. The van der Waals surface area contributed by atoms with Crippen LogP contribution in [0.25, 0.3) is 22.3 Å². The second-order valence-corrected chi connectivity index (χ2v) is 8.04. The van der Waals surface area contributed by atoms with Crippen LogP contribution in [0.1, 0.15) is 49.9 Å². The van der Waals surface area contributed by atoms with Gasteiger partial charge >= 0.3 is 0 Å². The van der Waals surface area contributed by atoms with Gasteiger partial charge in [0.05, 0.1) is 0 Å². The van der Waals surface area contributed by atoms with Crippen LogP contribution in [0.2, 0.25) is 0 Å². The predicted molar refractivity (Wildman–Crippen MR) is 97.2 cm³/mol. The van der Waals surface area contributed by atoms with Gasteiger partial charge in [-0.2, -0.15) is 0 Å². The maximum atomic E-state index is 4.37. The normalized spacial score (nSPS) is 17.8. The van der Waals surface area contributed by atoms with Crippen molar-refractivity contribution in [2.24, 2.45) is 0 Å². The molecule has 0 saturated carbocycles. The van der Waals surface area contributed by atoms with Gasteiger partial charge in [-0.3, -0.25) is 9.97 Å². The van der Waals surface area contributed by atoms with Gasteiger partial charge in [0.25, 0.3) is 0 Å². The third-order valence-corrected chi connectivity index (χ3v) is 6.07. The molecule has 2 aliphatic rings. The minimum atomic E-state index is -0.00607. The Morgan fingerprint density at radius 2 is 1.00 bits per heavy atom. The van der Waals surface area contributed by atoms with Gasteiger partial charge in [0.2, 0.25) is 0 Å². The smallest absolute Gasteiger partial charge is 0.0314 e. The minimum Gasteiger partial charge on any atom is -0.264 e. The fourth-order valence-electron chi connectivity index (χ4n) is 4.62. The molecule has 5 rings (SSSR count). The number of fused-ring (bicyclic) bond motifs is 6. The summed E-state index contributed by atoms with van der Waals surface area (Å²) in [6, 6.07) is 9.15. The van der Waals surface area contributed by atoms with Crippen molar-refractivity contribution in [3.63, 3.8) is 0 Å². The molecule has 2 aliphatic carbocycles. The first kappa shape index (κ1) is 13.9. The van der Waals surface area contributed by atoms with Gasteiger partial charge in [0, 0.05) is 35.6 Å². The van der Waals surface area contributed by atoms with Crippen LogP contribution in [0.15, 0.2) is 49.1 Å². The van der Waals surface area contributed by atoms with Gasteiger partial charge in [0.1, 0.15) is 0 Å². The van der Waals surface area contributed by atoms with Gasteiger partial charge in [-0.15, -0.1) is 0 Å². The largest absolute Gasteiger partial charge is 0.264 e. The fraction of sp³-hybridized carbons (Fsp3) is 0.273. The molecule has 2 nitrogen and oxygen atoms in total. The third kappa shape index (κ3) is 1.47. The number of aromatic nitrogens is 2. The molecule has 0 amide bonds. The molecule has 2 aromatic heterocycles. The van der Waals surface area contributed by atoms with Crippen LogP contribution in [0.4, 0.5) is 0 Å². The molecule has 3 aromatic rings. The SMILES string of the molecule is CC1(C)c2cnccc2-c2cc3c(cc21)-c1ccncc1C3(C)C.